The van der Waals surface area contributed by atoms with Gasteiger partial charge in [0.2, 0.25) is 0 Å². The van der Waals surface area contributed by atoms with E-state index in [-0.39, 0.29) is 0 Å². The molecular weight excluding hydrogens is 138 g/mol. The lowest BCUT2D eigenvalue weighted by Gasteiger charge is -1.97. The summed E-state index contributed by atoms with van der Waals surface area (Å²) in [5.74, 6) is 0. The van der Waals surface area contributed by atoms with E-state index in [0.717, 1.165) is 6.54 Å². The lowest BCUT2D eigenvalue weighted by atomic mass is 10.2. The van der Waals surface area contributed by atoms with Crippen molar-refractivity contribution in [2.45, 2.75) is 39.2 Å². The number of nitrogens with zero attached hydrogens (tertiary/aromatic N) is 3. The molecule has 0 radical (unpaired) electrons. The van der Waals surface area contributed by atoms with E-state index in [9.17, 15) is 0 Å². The second-order valence-electron chi connectivity index (χ2n) is 2.69. The fourth-order valence-corrected chi connectivity index (χ4v) is 1.04. The molecule has 3 nitrogen and oxygen atoms in total. The van der Waals surface area contributed by atoms with Gasteiger partial charge in [-0.25, -0.2) is 0 Å². The summed E-state index contributed by atoms with van der Waals surface area (Å²) < 4.78 is 0. The summed E-state index contributed by atoms with van der Waals surface area (Å²) in [6.07, 6.45) is 8.54. The predicted octanol–water partition coefficient (Wildman–Crippen LogP) is 1.86. The molecule has 0 fully saturated rings. The lowest BCUT2D eigenvalue weighted by Crippen LogP contribution is -2.01. The first-order valence-corrected chi connectivity index (χ1v) is 4.27. The average Bonchev–Trinajstić information content (AvgIpc) is 2.50. The van der Waals surface area contributed by atoms with Crippen LogP contribution in [0.15, 0.2) is 12.4 Å². The highest BCUT2D eigenvalue weighted by Crippen LogP contribution is 1.99. The van der Waals surface area contributed by atoms with Gasteiger partial charge in [0.25, 0.3) is 0 Å². The molecule has 0 aliphatic rings. The SMILES string of the molecule is CCCCCCn1nccn1. The summed E-state index contributed by atoms with van der Waals surface area (Å²) >= 11 is 0. The maximum Gasteiger partial charge on any atom is 0.0693 e. The van der Waals surface area contributed by atoms with Crippen LogP contribution in [0.4, 0.5) is 0 Å². The van der Waals surface area contributed by atoms with Crippen LogP contribution in [0, 0.1) is 0 Å². The molecule has 0 bridgehead atoms. The summed E-state index contributed by atoms with van der Waals surface area (Å²) in [5.41, 5.74) is 0. The fourth-order valence-electron chi connectivity index (χ4n) is 1.04. The molecule has 0 saturated carbocycles. The topological polar surface area (TPSA) is 30.7 Å². The third-order valence-electron chi connectivity index (χ3n) is 1.68. The minimum atomic E-state index is 0.965. The Morgan fingerprint density at radius 3 is 2.45 bits per heavy atom. The first kappa shape index (κ1) is 8.24. The molecular formula is C8H15N3. The van der Waals surface area contributed by atoms with Crippen LogP contribution >= 0.6 is 0 Å². The zero-order chi connectivity index (χ0) is 7.94. The van der Waals surface area contributed by atoms with Crippen molar-refractivity contribution in [2.24, 2.45) is 0 Å². The third-order valence-corrected chi connectivity index (χ3v) is 1.68. The smallest absolute Gasteiger partial charge is 0.0693 e. The maximum atomic E-state index is 4.02. The Morgan fingerprint density at radius 2 is 1.82 bits per heavy atom. The van der Waals surface area contributed by atoms with Gasteiger partial charge in [0.1, 0.15) is 0 Å². The first-order valence-electron chi connectivity index (χ1n) is 4.27. The normalized spacial score (nSPS) is 10.3. The van der Waals surface area contributed by atoms with Crippen LogP contribution in [-0.4, -0.2) is 15.0 Å². The van der Waals surface area contributed by atoms with Gasteiger partial charge in [-0.2, -0.15) is 15.0 Å². The highest BCUT2D eigenvalue weighted by molar-refractivity contribution is 4.59. The van der Waals surface area contributed by atoms with Crippen molar-refractivity contribution in [2.75, 3.05) is 0 Å². The zero-order valence-corrected chi connectivity index (χ0v) is 7.03. The summed E-state index contributed by atoms with van der Waals surface area (Å²) in [6.45, 7) is 3.18. The Bertz CT molecular complexity index is 169. The molecule has 0 aliphatic heterocycles. The first-order chi connectivity index (χ1) is 5.43. The van der Waals surface area contributed by atoms with Crippen LogP contribution in [0.5, 0.6) is 0 Å². The molecule has 0 aliphatic carbocycles. The van der Waals surface area contributed by atoms with Gasteiger partial charge in [-0.3, -0.25) is 0 Å². The number of aryl methyl sites for hydroxylation is 1. The molecule has 0 amide bonds. The number of aromatic nitrogens is 3. The molecule has 0 aromatic carbocycles. The van der Waals surface area contributed by atoms with Crippen molar-refractivity contribution in [3.63, 3.8) is 0 Å². The molecule has 1 aromatic heterocycles. The molecule has 0 atom stereocenters. The molecule has 1 aromatic rings. The summed E-state index contributed by atoms with van der Waals surface area (Å²) in [4.78, 5) is 1.75. The third kappa shape index (κ3) is 3.16. The Hall–Kier alpha value is -0.860. The largest absolute Gasteiger partial charge is 0.185 e. The second-order valence-corrected chi connectivity index (χ2v) is 2.69. The summed E-state index contributed by atoms with van der Waals surface area (Å²) in [5, 5.41) is 8.04. The quantitative estimate of drug-likeness (QED) is 0.604. The minimum Gasteiger partial charge on any atom is -0.185 e. The van der Waals surface area contributed by atoms with Crippen LogP contribution in [0.1, 0.15) is 32.6 Å². The van der Waals surface area contributed by atoms with E-state index < -0.39 is 0 Å². The molecule has 0 saturated heterocycles. The highest BCUT2D eigenvalue weighted by atomic mass is 15.5. The van der Waals surface area contributed by atoms with Gasteiger partial charge < -0.3 is 0 Å². The molecule has 1 rings (SSSR count). The molecule has 11 heavy (non-hydrogen) atoms. The van der Waals surface area contributed by atoms with Crippen LogP contribution in [0.3, 0.4) is 0 Å². The van der Waals surface area contributed by atoms with Crippen molar-refractivity contribution in [1.29, 1.82) is 0 Å². The Morgan fingerprint density at radius 1 is 1.09 bits per heavy atom. The molecule has 0 spiro atoms. The van der Waals surface area contributed by atoms with Crippen molar-refractivity contribution in [3.05, 3.63) is 12.4 Å². The van der Waals surface area contributed by atoms with Crippen LogP contribution in [-0.2, 0) is 6.54 Å². The molecule has 1 heterocycles. The Labute approximate surface area is 67.4 Å². The average molecular weight is 153 g/mol. The Balaban J connectivity index is 2.04. The summed E-state index contributed by atoms with van der Waals surface area (Å²) in [6, 6.07) is 0. The van der Waals surface area contributed by atoms with Gasteiger partial charge in [0.15, 0.2) is 0 Å². The molecule has 0 N–H and O–H groups in total. The highest BCUT2D eigenvalue weighted by Gasteiger charge is 1.90. The van der Waals surface area contributed by atoms with Crippen LogP contribution in [0.25, 0.3) is 0 Å². The number of hydrogen-bond donors (Lipinski definition) is 0. The maximum absolute atomic E-state index is 4.02. The van der Waals surface area contributed by atoms with Crippen molar-refractivity contribution in [3.8, 4) is 0 Å². The molecule has 3 heteroatoms. The monoisotopic (exact) mass is 153 g/mol. The van der Waals surface area contributed by atoms with E-state index in [4.69, 9.17) is 0 Å². The molecule has 62 valence electrons. The molecule has 0 unspecified atom stereocenters. The van der Waals surface area contributed by atoms with E-state index in [2.05, 4.69) is 17.1 Å². The van der Waals surface area contributed by atoms with Crippen LogP contribution < -0.4 is 0 Å². The number of unbranched alkanes of at least 4 members (excludes halogenated alkanes) is 3. The second kappa shape index (κ2) is 4.88. The zero-order valence-electron chi connectivity index (χ0n) is 7.03. The van der Waals surface area contributed by atoms with E-state index >= 15 is 0 Å². The van der Waals surface area contributed by atoms with E-state index in [0.29, 0.717) is 0 Å². The fraction of sp³-hybridized carbons (Fsp3) is 0.750. The van der Waals surface area contributed by atoms with E-state index in [1.54, 1.807) is 17.2 Å². The van der Waals surface area contributed by atoms with Crippen molar-refractivity contribution >= 4 is 0 Å². The van der Waals surface area contributed by atoms with Gasteiger partial charge >= 0.3 is 0 Å². The lowest BCUT2D eigenvalue weighted by molar-refractivity contribution is 0.490. The van der Waals surface area contributed by atoms with E-state index in [1.165, 1.54) is 25.7 Å². The van der Waals surface area contributed by atoms with Gasteiger partial charge in [-0.05, 0) is 6.42 Å². The van der Waals surface area contributed by atoms with Crippen LogP contribution in [0.2, 0.25) is 0 Å². The predicted molar refractivity (Wildman–Crippen MR) is 44.2 cm³/mol. The summed E-state index contributed by atoms with van der Waals surface area (Å²) in [7, 11) is 0. The number of hydrogen-bond acceptors (Lipinski definition) is 2. The van der Waals surface area contributed by atoms with Crippen molar-refractivity contribution < 1.29 is 0 Å². The van der Waals surface area contributed by atoms with E-state index in [1.807, 2.05) is 0 Å². The van der Waals surface area contributed by atoms with Gasteiger partial charge in [0, 0.05) is 0 Å². The standard InChI is InChI=1S/C8H15N3/c1-2-3-4-5-8-11-9-6-7-10-11/h6-7H,2-5,8H2,1H3. The Kier molecular flexibility index (Phi) is 3.65. The van der Waals surface area contributed by atoms with Gasteiger partial charge in [0.05, 0.1) is 18.9 Å². The van der Waals surface area contributed by atoms with Gasteiger partial charge in [-0.15, -0.1) is 0 Å². The van der Waals surface area contributed by atoms with Gasteiger partial charge in [-0.1, -0.05) is 26.2 Å². The number of rotatable bonds is 5. The minimum absolute atomic E-state index is 0.965. The van der Waals surface area contributed by atoms with Crippen molar-refractivity contribution in [1.82, 2.24) is 15.0 Å².